The van der Waals surface area contributed by atoms with Gasteiger partial charge in [-0.3, -0.25) is 0 Å². The molecule has 2 aromatic heterocycles. The summed E-state index contributed by atoms with van der Waals surface area (Å²) in [5.74, 6) is 0. The van der Waals surface area contributed by atoms with Gasteiger partial charge >= 0.3 is 0 Å². The van der Waals surface area contributed by atoms with E-state index in [9.17, 15) is 0 Å². The van der Waals surface area contributed by atoms with Crippen molar-refractivity contribution in [3.8, 4) is 16.8 Å². The molecule has 272 valence electrons. The maximum atomic E-state index is 6.87. The molecule has 0 aliphatic carbocycles. The van der Waals surface area contributed by atoms with Crippen LogP contribution in [0.5, 0.6) is 0 Å². The lowest BCUT2D eigenvalue weighted by molar-refractivity contribution is 0.670. The molecule has 0 atom stereocenters. The first-order chi connectivity index (χ1) is 28.8. The molecule has 1 aliphatic heterocycles. The maximum absolute atomic E-state index is 6.87. The summed E-state index contributed by atoms with van der Waals surface area (Å²) in [5.41, 5.74) is 11.1. The van der Waals surface area contributed by atoms with E-state index in [0.29, 0.717) is 0 Å². The van der Waals surface area contributed by atoms with Crippen molar-refractivity contribution in [2.75, 3.05) is 4.90 Å². The van der Waals surface area contributed by atoms with Crippen molar-refractivity contribution in [2.24, 2.45) is 0 Å². The van der Waals surface area contributed by atoms with Crippen LogP contribution in [0, 0.1) is 0 Å². The molecule has 0 amide bonds. The minimum absolute atomic E-state index is 0.916. The molecule has 0 saturated heterocycles. The molecule has 1 aliphatic rings. The Morgan fingerprint density at radius 3 is 1.79 bits per heavy atom. The molecule has 0 spiro atoms. The van der Waals surface area contributed by atoms with Crippen LogP contribution < -0.4 is 25.6 Å². The summed E-state index contributed by atoms with van der Waals surface area (Å²) in [6, 6.07) is 80.0. The van der Waals surface area contributed by atoms with E-state index >= 15 is 0 Å². The number of hydrogen-bond donors (Lipinski definition) is 0. The molecule has 9 aromatic carbocycles. The lowest BCUT2D eigenvalue weighted by atomic mass is 10.0. The van der Waals surface area contributed by atoms with Gasteiger partial charge in [0.05, 0.1) is 16.7 Å². The molecule has 0 saturated carbocycles. The van der Waals surface area contributed by atoms with E-state index in [4.69, 9.17) is 4.42 Å². The van der Waals surface area contributed by atoms with Crippen molar-refractivity contribution in [2.45, 2.75) is 0 Å². The average Bonchev–Trinajstić information content (AvgIpc) is 3.94. The number of aromatic nitrogens is 1. The van der Waals surface area contributed by atoms with Gasteiger partial charge in [-0.25, -0.2) is 0 Å². The Morgan fingerprint density at radius 2 is 1.05 bits per heavy atom. The van der Waals surface area contributed by atoms with E-state index < -0.39 is 8.07 Å². The van der Waals surface area contributed by atoms with Crippen LogP contribution in [0.25, 0.3) is 60.6 Å². The maximum Gasteiger partial charge on any atom is 0.181 e. The molecule has 58 heavy (non-hydrogen) atoms. The Bertz CT molecular complexity index is 3300. The monoisotopic (exact) mass is 756 g/mol. The summed E-state index contributed by atoms with van der Waals surface area (Å²) >= 11 is 0. The van der Waals surface area contributed by atoms with Crippen LogP contribution in [0.15, 0.2) is 223 Å². The van der Waals surface area contributed by atoms with Crippen LogP contribution in [0.4, 0.5) is 17.1 Å². The van der Waals surface area contributed by atoms with Crippen LogP contribution in [-0.4, -0.2) is 12.6 Å². The van der Waals surface area contributed by atoms with Crippen molar-refractivity contribution in [3.05, 3.63) is 218 Å². The first kappa shape index (κ1) is 32.8. The Hall–Kier alpha value is -7.40. The standard InChI is InChI=1S/C54H36N2OSi/c1-5-18-37(19-6-1)55(48-30-17-28-44-42-26-13-15-29-47(42)56(53(44)48)38-20-7-2-8-21-38)39-32-33-46-51(36-39)58(40-22-9-3-10-23-40,41-24-11-4-12-25-41)50-35-34-45-43-27-14-16-31-49(43)57-54(45)52(46)50/h1-36H. The molecule has 3 heterocycles. The third-order valence-corrected chi connectivity index (χ3v) is 17.1. The molecular weight excluding hydrogens is 721 g/mol. The number of furan rings is 1. The molecule has 0 radical (unpaired) electrons. The fourth-order valence-corrected chi connectivity index (χ4v) is 15.1. The lowest BCUT2D eigenvalue weighted by Gasteiger charge is -2.33. The van der Waals surface area contributed by atoms with Crippen molar-refractivity contribution in [1.29, 1.82) is 0 Å². The molecule has 0 unspecified atom stereocenters. The topological polar surface area (TPSA) is 21.3 Å². The summed E-state index contributed by atoms with van der Waals surface area (Å²) in [6.07, 6.45) is 0. The van der Waals surface area contributed by atoms with Gasteiger partial charge in [-0.15, -0.1) is 0 Å². The second-order valence-corrected chi connectivity index (χ2v) is 18.9. The number of fused-ring (bicyclic) bond motifs is 10. The summed E-state index contributed by atoms with van der Waals surface area (Å²) in [6.45, 7) is 0. The summed E-state index contributed by atoms with van der Waals surface area (Å²) in [4.78, 5) is 2.47. The summed E-state index contributed by atoms with van der Waals surface area (Å²) in [7, 11) is -2.91. The van der Waals surface area contributed by atoms with Gasteiger partial charge in [0.15, 0.2) is 8.07 Å². The van der Waals surface area contributed by atoms with E-state index in [0.717, 1.165) is 44.7 Å². The highest BCUT2D eigenvalue weighted by atomic mass is 28.3. The Labute approximate surface area is 337 Å². The largest absolute Gasteiger partial charge is 0.455 e. The number of hydrogen-bond acceptors (Lipinski definition) is 2. The molecule has 0 bridgehead atoms. The second-order valence-electron chi connectivity index (χ2n) is 15.2. The van der Waals surface area contributed by atoms with Crippen LogP contribution in [0.3, 0.4) is 0 Å². The van der Waals surface area contributed by atoms with Crippen molar-refractivity contribution < 1.29 is 4.42 Å². The normalized spacial score (nSPS) is 13.0. The fourth-order valence-electron chi connectivity index (χ4n) is 9.91. The predicted octanol–water partition coefficient (Wildman–Crippen LogP) is 11.5. The zero-order valence-corrected chi connectivity index (χ0v) is 32.6. The first-order valence-corrected chi connectivity index (χ1v) is 21.9. The van der Waals surface area contributed by atoms with E-state index in [-0.39, 0.29) is 0 Å². The van der Waals surface area contributed by atoms with E-state index in [2.05, 4.69) is 228 Å². The third-order valence-electron chi connectivity index (χ3n) is 12.2. The number of benzene rings is 9. The zero-order valence-electron chi connectivity index (χ0n) is 31.6. The predicted molar refractivity (Wildman–Crippen MR) is 245 cm³/mol. The smallest absolute Gasteiger partial charge is 0.181 e. The van der Waals surface area contributed by atoms with Gasteiger partial charge in [-0.05, 0) is 80.9 Å². The van der Waals surface area contributed by atoms with Crippen LogP contribution in [0.2, 0.25) is 0 Å². The van der Waals surface area contributed by atoms with Gasteiger partial charge in [0, 0.05) is 44.2 Å². The van der Waals surface area contributed by atoms with E-state index in [1.807, 2.05) is 0 Å². The van der Waals surface area contributed by atoms with Crippen LogP contribution in [-0.2, 0) is 0 Å². The van der Waals surface area contributed by atoms with Gasteiger partial charge in [-0.1, -0.05) is 164 Å². The second kappa shape index (κ2) is 12.8. The Balaban J connectivity index is 1.20. The average molecular weight is 757 g/mol. The van der Waals surface area contributed by atoms with Crippen molar-refractivity contribution >= 4 is 89.6 Å². The lowest BCUT2D eigenvalue weighted by Crippen LogP contribution is -2.72. The van der Waals surface area contributed by atoms with E-state index in [1.54, 1.807) is 0 Å². The molecule has 12 rings (SSSR count). The fraction of sp³-hybridized carbons (Fsp3) is 0. The summed E-state index contributed by atoms with van der Waals surface area (Å²) in [5, 5.41) is 10.2. The minimum atomic E-state index is -2.91. The number of rotatable bonds is 6. The highest BCUT2D eigenvalue weighted by molar-refractivity contribution is 7.22. The Morgan fingerprint density at radius 1 is 0.431 bits per heavy atom. The number of nitrogens with zero attached hydrogens (tertiary/aromatic N) is 2. The van der Waals surface area contributed by atoms with Crippen molar-refractivity contribution in [1.82, 2.24) is 4.57 Å². The summed E-state index contributed by atoms with van der Waals surface area (Å²) < 4.78 is 9.31. The molecule has 4 heteroatoms. The quantitative estimate of drug-likeness (QED) is 0.158. The number of anilines is 3. The van der Waals surface area contributed by atoms with Gasteiger partial charge in [0.25, 0.3) is 0 Å². The van der Waals surface area contributed by atoms with Gasteiger partial charge in [0.1, 0.15) is 11.2 Å². The third kappa shape index (κ3) is 4.61. The molecule has 0 fully saturated rings. The van der Waals surface area contributed by atoms with Gasteiger partial charge in [0.2, 0.25) is 0 Å². The zero-order chi connectivity index (χ0) is 38.2. The molecule has 11 aromatic rings. The van der Waals surface area contributed by atoms with Crippen molar-refractivity contribution in [3.63, 3.8) is 0 Å². The Kier molecular flexibility index (Phi) is 7.25. The molecular formula is C54H36N2OSi. The van der Waals surface area contributed by atoms with Crippen LogP contribution in [0.1, 0.15) is 0 Å². The number of para-hydroxylation sites is 5. The van der Waals surface area contributed by atoms with Crippen LogP contribution >= 0.6 is 0 Å². The molecule has 0 N–H and O–H groups in total. The van der Waals surface area contributed by atoms with E-state index in [1.165, 1.54) is 53.7 Å². The molecule has 3 nitrogen and oxygen atoms in total. The van der Waals surface area contributed by atoms with Gasteiger partial charge < -0.3 is 13.9 Å². The first-order valence-electron chi connectivity index (χ1n) is 19.9. The minimum Gasteiger partial charge on any atom is -0.455 e. The highest BCUT2D eigenvalue weighted by Crippen LogP contribution is 2.45. The SMILES string of the molecule is c1ccc(N(c2ccc3c(c2)[Si](c2ccccc2)(c2ccccc2)c2ccc4c(oc5ccccc54)c2-3)c2cccc3c4ccccc4n(-c4ccccc4)c23)cc1. The van der Waals surface area contributed by atoms with Gasteiger partial charge in [-0.2, -0.15) is 0 Å². The highest BCUT2D eigenvalue weighted by Gasteiger charge is 2.50.